The lowest BCUT2D eigenvalue weighted by molar-refractivity contribution is 0.250. The summed E-state index contributed by atoms with van der Waals surface area (Å²) in [5.74, 6) is 2.61. The van der Waals surface area contributed by atoms with Gasteiger partial charge in [0.05, 0.1) is 0 Å². The monoisotopic (exact) mass is 195 g/mol. The van der Waals surface area contributed by atoms with Crippen LogP contribution in [0.3, 0.4) is 0 Å². The summed E-state index contributed by atoms with van der Waals surface area (Å²) in [4.78, 5) is 4.45. The average Bonchev–Trinajstić information content (AvgIpc) is 2.20. The summed E-state index contributed by atoms with van der Waals surface area (Å²) < 4.78 is 0. The average molecular weight is 195 g/mol. The van der Waals surface area contributed by atoms with Crippen molar-refractivity contribution in [1.29, 1.82) is 0 Å². The van der Waals surface area contributed by atoms with E-state index in [0.717, 1.165) is 17.8 Å². The second-order valence-electron chi connectivity index (χ2n) is 4.77. The van der Waals surface area contributed by atoms with Crippen LogP contribution in [0, 0.1) is 17.8 Å². The zero-order valence-electron chi connectivity index (χ0n) is 10.2. The van der Waals surface area contributed by atoms with Gasteiger partial charge < -0.3 is 0 Å². The SMILES string of the molecule is CCC[C@H]1CC(=NC)C(C)CC1CC. The van der Waals surface area contributed by atoms with E-state index >= 15 is 0 Å². The summed E-state index contributed by atoms with van der Waals surface area (Å²) in [6.45, 7) is 6.98. The van der Waals surface area contributed by atoms with Crippen molar-refractivity contribution >= 4 is 5.71 Å². The minimum Gasteiger partial charge on any atom is -0.297 e. The van der Waals surface area contributed by atoms with Crippen molar-refractivity contribution in [2.45, 2.75) is 52.9 Å². The molecule has 0 aliphatic heterocycles. The molecule has 1 aliphatic carbocycles. The zero-order chi connectivity index (χ0) is 10.6. The Morgan fingerprint density at radius 1 is 1.29 bits per heavy atom. The summed E-state index contributed by atoms with van der Waals surface area (Å²) in [5.41, 5.74) is 1.47. The molecule has 0 aromatic carbocycles. The number of nitrogens with zero attached hydrogens (tertiary/aromatic N) is 1. The Labute approximate surface area is 89.0 Å². The van der Waals surface area contributed by atoms with Crippen LogP contribution in [-0.2, 0) is 0 Å². The molecule has 1 rings (SSSR count). The lowest BCUT2D eigenvalue weighted by Gasteiger charge is -2.35. The van der Waals surface area contributed by atoms with Gasteiger partial charge in [-0.15, -0.1) is 0 Å². The maximum Gasteiger partial charge on any atom is 0.0276 e. The predicted octanol–water partition coefficient (Wildman–Crippen LogP) is 3.93. The minimum atomic E-state index is 0.734. The van der Waals surface area contributed by atoms with Crippen LogP contribution in [-0.4, -0.2) is 12.8 Å². The lowest BCUT2D eigenvalue weighted by Crippen LogP contribution is -2.30. The van der Waals surface area contributed by atoms with Gasteiger partial charge in [-0.1, -0.05) is 40.0 Å². The van der Waals surface area contributed by atoms with Crippen LogP contribution in [0.5, 0.6) is 0 Å². The molecule has 82 valence electrons. The molecule has 0 bridgehead atoms. The Bertz CT molecular complexity index is 195. The zero-order valence-corrected chi connectivity index (χ0v) is 10.2. The summed E-state index contributed by atoms with van der Waals surface area (Å²) in [6.07, 6.45) is 6.71. The number of hydrogen-bond acceptors (Lipinski definition) is 1. The molecule has 0 N–H and O–H groups in total. The number of hydrogen-bond donors (Lipinski definition) is 0. The van der Waals surface area contributed by atoms with Gasteiger partial charge in [0.25, 0.3) is 0 Å². The van der Waals surface area contributed by atoms with E-state index in [-0.39, 0.29) is 0 Å². The molecule has 1 saturated carbocycles. The molecule has 0 aromatic rings. The molecule has 1 heteroatoms. The third kappa shape index (κ3) is 2.59. The van der Waals surface area contributed by atoms with Gasteiger partial charge in [-0.25, -0.2) is 0 Å². The summed E-state index contributed by atoms with van der Waals surface area (Å²) >= 11 is 0. The second-order valence-corrected chi connectivity index (χ2v) is 4.77. The van der Waals surface area contributed by atoms with Crippen molar-refractivity contribution in [1.82, 2.24) is 0 Å². The normalized spacial score (nSPS) is 36.3. The topological polar surface area (TPSA) is 12.4 Å². The van der Waals surface area contributed by atoms with Crippen molar-refractivity contribution < 1.29 is 0 Å². The summed E-state index contributed by atoms with van der Waals surface area (Å²) in [7, 11) is 1.96. The molecular formula is C13H25N. The van der Waals surface area contributed by atoms with E-state index in [0.29, 0.717) is 0 Å². The standard InChI is InChI=1S/C13H25N/c1-5-7-12-9-13(14-4)10(3)8-11(12)6-2/h10-12H,5-9H2,1-4H3/t10?,11?,12-/m0/s1. The fourth-order valence-corrected chi connectivity index (χ4v) is 2.94. The largest absolute Gasteiger partial charge is 0.297 e. The molecule has 0 amide bonds. The van der Waals surface area contributed by atoms with E-state index in [4.69, 9.17) is 0 Å². The van der Waals surface area contributed by atoms with Gasteiger partial charge in [0.2, 0.25) is 0 Å². The predicted molar refractivity (Wildman–Crippen MR) is 63.9 cm³/mol. The molecule has 14 heavy (non-hydrogen) atoms. The summed E-state index contributed by atoms with van der Waals surface area (Å²) in [6, 6.07) is 0. The third-order valence-electron chi connectivity index (χ3n) is 3.83. The molecule has 0 radical (unpaired) electrons. The number of rotatable bonds is 3. The van der Waals surface area contributed by atoms with Crippen molar-refractivity contribution in [3.05, 3.63) is 0 Å². The van der Waals surface area contributed by atoms with E-state index in [1.165, 1.54) is 37.8 Å². The smallest absolute Gasteiger partial charge is 0.0276 e. The van der Waals surface area contributed by atoms with Crippen molar-refractivity contribution in [3.8, 4) is 0 Å². The van der Waals surface area contributed by atoms with Gasteiger partial charge in [-0.05, 0) is 30.6 Å². The molecule has 1 fully saturated rings. The molecule has 1 aliphatic rings. The van der Waals surface area contributed by atoms with Crippen LogP contribution < -0.4 is 0 Å². The fourth-order valence-electron chi connectivity index (χ4n) is 2.94. The minimum absolute atomic E-state index is 0.734. The first-order chi connectivity index (χ1) is 6.72. The molecule has 2 unspecified atom stereocenters. The highest BCUT2D eigenvalue weighted by Gasteiger charge is 2.30. The first-order valence-corrected chi connectivity index (χ1v) is 6.18. The van der Waals surface area contributed by atoms with E-state index in [1.807, 2.05) is 7.05 Å². The first-order valence-electron chi connectivity index (χ1n) is 6.18. The highest BCUT2D eigenvalue weighted by Crippen LogP contribution is 2.36. The van der Waals surface area contributed by atoms with Gasteiger partial charge in [-0.3, -0.25) is 4.99 Å². The maximum atomic E-state index is 4.45. The van der Waals surface area contributed by atoms with Crippen molar-refractivity contribution in [2.75, 3.05) is 7.05 Å². The second kappa shape index (κ2) is 5.53. The van der Waals surface area contributed by atoms with Crippen LogP contribution in [0.4, 0.5) is 0 Å². The molecular weight excluding hydrogens is 170 g/mol. The molecule has 3 atom stereocenters. The van der Waals surface area contributed by atoms with E-state index < -0.39 is 0 Å². The number of aliphatic imine (C=N–C) groups is 1. The third-order valence-corrected chi connectivity index (χ3v) is 3.83. The van der Waals surface area contributed by atoms with Gasteiger partial charge in [0.15, 0.2) is 0 Å². The quantitative estimate of drug-likeness (QED) is 0.647. The van der Waals surface area contributed by atoms with Crippen molar-refractivity contribution in [3.63, 3.8) is 0 Å². The van der Waals surface area contributed by atoms with Crippen LogP contribution in [0.2, 0.25) is 0 Å². The Morgan fingerprint density at radius 3 is 2.50 bits per heavy atom. The highest BCUT2D eigenvalue weighted by atomic mass is 14.7. The Hall–Kier alpha value is -0.330. The first kappa shape index (κ1) is 11.7. The Morgan fingerprint density at radius 2 is 2.00 bits per heavy atom. The van der Waals surface area contributed by atoms with Crippen LogP contribution in [0.15, 0.2) is 4.99 Å². The van der Waals surface area contributed by atoms with E-state index in [9.17, 15) is 0 Å². The maximum absolute atomic E-state index is 4.45. The molecule has 0 saturated heterocycles. The Kier molecular flexibility index (Phi) is 4.64. The lowest BCUT2D eigenvalue weighted by atomic mass is 9.71. The van der Waals surface area contributed by atoms with Gasteiger partial charge in [-0.2, -0.15) is 0 Å². The van der Waals surface area contributed by atoms with Crippen LogP contribution in [0.25, 0.3) is 0 Å². The molecule has 1 nitrogen and oxygen atoms in total. The summed E-state index contributed by atoms with van der Waals surface area (Å²) in [5, 5.41) is 0. The van der Waals surface area contributed by atoms with E-state index in [1.54, 1.807) is 0 Å². The van der Waals surface area contributed by atoms with Gasteiger partial charge >= 0.3 is 0 Å². The highest BCUT2D eigenvalue weighted by molar-refractivity contribution is 5.87. The van der Waals surface area contributed by atoms with Gasteiger partial charge in [0.1, 0.15) is 0 Å². The van der Waals surface area contributed by atoms with Crippen molar-refractivity contribution in [2.24, 2.45) is 22.7 Å². The molecule has 0 spiro atoms. The van der Waals surface area contributed by atoms with Crippen LogP contribution >= 0.6 is 0 Å². The molecule has 0 aromatic heterocycles. The fraction of sp³-hybridized carbons (Fsp3) is 0.923. The Balaban J connectivity index is 2.63. The van der Waals surface area contributed by atoms with E-state index in [2.05, 4.69) is 25.8 Å². The van der Waals surface area contributed by atoms with Gasteiger partial charge in [0, 0.05) is 12.8 Å². The van der Waals surface area contributed by atoms with Crippen LogP contribution in [0.1, 0.15) is 52.9 Å². The molecule has 0 heterocycles.